The average molecular weight is 426 g/mol. The Morgan fingerprint density at radius 1 is 0.969 bits per heavy atom. The minimum Gasteiger partial charge on any atom is -0.436 e. The fraction of sp³-hybridized carbons (Fsp3) is 0.125. The standard InChI is InChI=1S/C24H18N4O4/c29-21(6-3-13-28-23(30)17-4-1-2-5-18(17)24(28)31)26-16-7-8-19-20(14-16)32-22(27-19)15-9-11-25-12-10-15/h1-2,4-5,7-12,14H,3,6,13H2,(H,26,29). The van der Waals surface area contributed by atoms with Crippen LogP contribution in [0.2, 0.25) is 0 Å². The van der Waals surface area contributed by atoms with Gasteiger partial charge in [0.05, 0.1) is 11.1 Å². The van der Waals surface area contributed by atoms with E-state index in [0.29, 0.717) is 40.2 Å². The maximum Gasteiger partial charge on any atom is 0.261 e. The molecule has 32 heavy (non-hydrogen) atoms. The molecular formula is C24H18N4O4. The first-order valence-corrected chi connectivity index (χ1v) is 10.2. The highest BCUT2D eigenvalue weighted by Crippen LogP contribution is 2.26. The van der Waals surface area contributed by atoms with Gasteiger partial charge >= 0.3 is 0 Å². The summed E-state index contributed by atoms with van der Waals surface area (Å²) in [4.78, 5) is 46.8. The molecule has 1 aliphatic heterocycles. The lowest BCUT2D eigenvalue weighted by atomic mass is 10.1. The second kappa shape index (κ2) is 8.07. The Balaban J connectivity index is 1.19. The first kappa shape index (κ1) is 19.6. The van der Waals surface area contributed by atoms with Crippen molar-refractivity contribution in [3.63, 3.8) is 0 Å². The third kappa shape index (κ3) is 3.62. The van der Waals surface area contributed by atoms with E-state index >= 15 is 0 Å². The number of carbonyl (C=O) groups is 3. The van der Waals surface area contributed by atoms with Crippen LogP contribution in [0.4, 0.5) is 5.69 Å². The van der Waals surface area contributed by atoms with Crippen LogP contribution in [0, 0.1) is 0 Å². The van der Waals surface area contributed by atoms with E-state index in [4.69, 9.17) is 4.42 Å². The highest BCUT2D eigenvalue weighted by atomic mass is 16.3. The van der Waals surface area contributed by atoms with Crippen LogP contribution in [0.25, 0.3) is 22.6 Å². The van der Waals surface area contributed by atoms with Gasteiger partial charge in [0.15, 0.2) is 5.58 Å². The van der Waals surface area contributed by atoms with E-state index < -0.39 is 0 Å². The molecular weight excluding hydrogens is 408 g/mol. The summed E-state index contributed by atoms with van der Waals surface area (Å²) in [5.41, 5.74) is 3.46. The van der Waals surface area contributed by atoms with Gasteiger partial charge in [0.25, 0.3) is 11.8 Å². The first-order chi connectivity index (χ1) is 15.6. The molecule has 0 saturated heterocycles. The third-order valence-corrected chi connectivity index (χ3v) is 5.26. The van der Waals surface area contributed by atoms with Crippen molar-refractivity contribution >= 4 is 34.5 Å². The van der Waals surface area contributed by atoms with Gasteiger partial charge in [0.1, 0.15) is 5.52 Å². The van der Waals surface area contributed by atoms with Gasteiger partial charge in [-0.15, -0.1) is 0 Å². The number of pyridine rings is 1. The van der Waals surface area contributed by atoms with Gasteiger partial charge in [-0.25, -0.2) is 4.98 Å². The first-order valence-electron chi connectivity index (χ1n) is 10.2. The summed E-state index contributed by atoms with van der Waals surface area (Å²) in [6.07, 6.45) is 3.87. The monoisotopic (exact) mass is 426 g/mol. The molecule has 3 heterocycles. The summed E-state index contributed by atoms with van der Waals surface area (Å²) in [6, 6.07) is 15.6. The largest absolute Gasteiger partial charge is 0.436 e. The van der Waals surface area contributed by atoms with Gasteiger partial charge in [-0.1, -0.05) is 12.1 Å². The molecule has 0 bridgehead atoms. The predicted molar refractivity (Wildman–Crippen MR) is 117 cm³/mol. The molecule has 3 amide bonds. The van der Waals surface area contributed by atoms with Crippen molar-refractivity contribution in [2.75, 3.05) is 11.9 Å². The normalized spacial score (nSPS) is 12.9. The topological polar surface area (TPSA) is 105 Å². The molecule has 0 fully saturated rings. The molecule has 4 aromatic rings. The molecule has 0 saturated carbocycles. The zero-order valence-electron chi connectivity index (χ0n) is 16.9. The minimum atomic E-state index is -0.313. The Morgan fingerprint density at radius 2 is 1.69 bits per heavy atom. The van der Waals surface area contributed by atoms with Crippen molar-refractivity contribution < 1.29 is 18.8 Å². The number of hydrogen-bond acceptors (Lipinski definition) is 6. The fourth-order valence-electron chi connectivity index (χ4n) is 3.68. The summed E-state index contributed by atoms with van der Waals surface area (Å²) in [5.74, 6) is -0.361. The quantitative estimate of drug-likeness (QED) is 0.469. The van der Waals surface area contributed by atoms with Crippen LogP contribution in [0.3, 0.4) is 0 Å². The summed E-state index contributed by atoms with van der Waals surface area (Å²) >= 11 is 0. The lowest BCUT2D eigenvalue weighted by Crippen LogP contribution is -2.31. The van der Waals surface area contributed by atoms with E-state index in [0.717, 1.165) is 5.56 Å². The maximum atomic E-state index is 12.4. The highest BCUT2D eigenvalue weighted by Gasteiger charge is 2.34. The molecule has 158 valence electrons. The summed E-state index contributed by atoms with van der Waals surface area (Å²) in [6.45, 7) is 0.191. The van der Waals surface area contributed by atoms with Gasteiger partial charge in [0, 0.05) is 42.7 Å². The van der Waals surface area contributed by atoms with E-state index in [2.05, 4.69) is 15.3 Å². The fourth-order valence-corrected chi connectivity index (χ4v) is 3.68. The molecule has 1 aliphatic rings. The van der Waals surface area contributed by atoms with Crippen molar-refractivity contribution in [2.45, 2.75) is 12.8 Å². The molecule has 5 rings (SSSR count). The summed E-state index contributed by atoms with van der Waals surface area (Å²) in [5, 5.41) is 2.82. The Hall–Kier alpha value is -4.33. The Morgan fingerprint density at radius 3 is 2.41 bits per heavy atom. The minimum absolute atomic E-state index is 0.171. The average Bonchev–Trinajstić information content (AvgIpc) is 3.34. The van der Waals surface area contributed by atoms with Crippen LogP contribution in [0.15, 0.2) is 71.4 Å². The van der Waals surface area contributed by atoms with Gasteiger partial charge in [-0.05, 0) is 42.8 Å². The van der Waals surface area contributed by atoms with Gasteiger partial charge in [-0.2, -0.15) is 0 Å². The van der Waals surface area contributed by atoms with Crippen LogP contribution in [-0.2, 0) is 4.79 Å². The van der Waals surface area contributed by atoms with E-state index in [9.17, 15) is 14.4 Å². The van der Waals surface area contributed by atoms with E-state index in [-0.39, 0.29) is 30.7 Å². The van der Waals surface area contributed by atoms with Crippen molar-refractivity contribution in [1.29, 1.82) is 0 Å². The predicted octanol–water partition coefficient (Wildman–Crippen LogP) is 3.90. The Labute approximate surface area is 182 Å². The lowest BCUT2D eigenvalue weighted by molar-refractivity contribution is -0.116. The number of nitrogens with one attached hydrogen (secondary N) is 1. The molecule has 0 aliphatic carbocycles. The number of carbonyl (C=O) groups excluding carboxylic acids is 3. The van der Waals surface area contributed by atoms with Crippen LogP contribution in [0.1, 0.15) is 33.6 Å². The Bertz CT molecular complexity index is 1310. The smallest absolute Gasteiger partial charge is 0.261 e. The van der Waals surface area contributed by atoms with Crippen LogP contribution < -0.4 is 5.32 Å². The van der Waals surface area contributed by atoms with Crippen molar-refractivity contribution in [2.24, 2.45) is 0 Å². The molecule has 0 spiro atoms. The van der Waals surface area contributed by atoms with Crippen molar-refractivity contribution in [3.05, 3.63) is 78.1 Å². The van der Waals surface area contributed by atoms with Gasteiger partial charge in [0.2, 0.25) is 11.8 Å². The zero-order chi connectivity index (χ0) is 22.1. The van der Waals surface area contributed by atoms with E-state index in [1.54, 1.807) is 54.9 Å². The maximum absolute atomic E-state index is 12.4. The van der Waals surface area contributed by atoms with Crippen molar-refractivity contribution in [1.82, 2.24) is 14.9 Å². The van der Waals surface area contributed by atoms with E-state index in [1.807, 2.05) is 12.1 Å². The van der Waals surface area contributed by atoms with Crippen molar-refractivity contribution in [3.8, 4) is 11.5 Å². The third-order valence-electron chi connectivity index (χ3n) is 5.26. The number of benzene rings is 2. The molecule has 0 atom stereocenters. The number of amides is 3. The van der Waals surface area contributed by atoms with Crippen LogP contribution >= 0.6 is 0 Å². The second-order valence-corrected chi connectivity index (χ2v) is 7.40. The van der Waals surface area contributed by atoms with Crippen LogP contribution in [0.5, 0.6) is 0 Å². The number of nitrogens with zero attached hydrogens (tertiary/aromatic N) is 3. The zero-order valence-corrected chi connectivity index (χ0v) is 16.9. The number of rotatable bonds is 6. The summed E-state index contributed by atoms with van der Waals surface area (Å²) in [7, 11) is 0. The highest BCUT2D eigenvalue weighted by molar-refractivity contribution is 6.21. The number of imide groups is 1. The molecule has 2 aromatic carbocycles. The van der Waals surface area contributed by atoms with Gasteiger partial charge in [-0.3, -0.25) is 24.3 Å². The molecule has 8 nitrogen and oxygen atoms in total. The van der Waals surface area contributed by atoms with Gasteiger partial charge < -0.3 is 9.73 Å². The molecule has 8 heteroatoms. The number of fused-ring (bicyclic) bond motifs is 2. The SMILES string of the molecule is O=C(CCCN1C(=O)c2ccccc2C1=O)Nc1ccc2nc(-c3ccncc3)oc2c1. The Kier molecular flexibility index (Phi) is 4.95. The van der Waals surface area contributed by atoms with Crippen LogP contribution in [-0.4, -0.2) is 39.1 Å². The number of anilines is 1. The molecule has 1 N–H and O–H groups in total. The summed E-state index contributed by atoms with van der Waals surface area (Å²) < 4.78 is 5.81. The number of oxazole rings is 1. The lowest BCUT2D eigenvalue weighted by Gasteiger charge is -2.13. The molecule has 2 aromatic heterocycles. The number of hydrogen-bond donors (Lipinski definition) is 1. The second-order valence-electron chi connectivity index (χ2n) is 7.40. The number of aromatic nitrogens is 2. The van der Waals surface area contributed by atoms with E-state index in [1.165, 1.54) is 4.90 Å². The molecule has 0 unspecified atom stereocenters. The molecule has 0 radical (unpaired) electrons.